The van der Waals surface area contributed by atoms with Crippen molar-refractivity contribution < 1.29 is 5.11 Å². The molecule has 2 aromatic rings. The monoisotopic (exact) mass is 202 g/mol. The van der Waals surface area contributed by atoms with Gasteiger partial charge < -0.3 is 10.8 Å². The molecule has 0 aliphatic heterocycles. The van der Waals surface area contributed by atoms with Crippen molar-refractivity contribution in [1.82, 2.24) is 4.98 Å². The summed E-state index contributed by atoms with van der Waals surface area (Å²) < 4.78 is 0. The molecular weight excluding hydrogens is 188 g/mol. The number of hydrogen-bond acceptors (Lipinski definition) is 3. The Morgan fingerprint density at radius 2 is 2.20 bits per heavy atom. The molecule has 0 fully saturated rings. The highest BCUT2D eigenvalue weighted by atomic mass is 16.3. The van der Waals surface area contributed by atoms with Gasteiger partial charge >= 0.3 is 0 Å². The standard InChI is InChI=1S/C12H14N2O/c1-8-11-6-10(12(13)7-15)3-2-9(11)4-5-14-8/h2-6,12,15H,7,13H2,1H3. The predicted molar refractivity (Wildman–Crippen MR) is 60.5 cm³/mol. The van der Waals surface area contributed by atoms with Crippen molar-refractivity contribution in [3.05, 3.63) is 41.7 Å². The summed E-state index contributed by atoms with van der Waals surface area (Å²) in [7, 11) is 0. The zero-order valence-corrected chi connectivity index (χ0v) is 8.64. The van der Waals surface area contributed by atoms with Crippen molar-refractivity contribution in [2.45, 2.75) is 13.0 Å². The number of rotatable bonds is 2. The summed E-state index contributed by atoms with van der Waals surface area (Å²) in [5, 5.41) is 11.2. The molecule has 3 nitrogen and oxygen atoms in total. The predicted octanol–water partition coefficient (Wildman–Crippen LogP) is 1.54. The van der Waals surface area contributed by atoms with E-state index in [4.69, 9.17) is 10.8 Å². The molecule has 0 spiro atoms. The molecule has 78 valence electrons. The van der Waals surface area contributed by atoms with Crippen LogP contribution in [0, 0.1) is 6.92 Å². The van der Waals surface area contributed by atoms with Gasteiger partial charge in [0.25, 0.3) is 0 Å². The first-order valence-corrected chi connectivity index (χ1v) is 4.94. The second-order valence-electron chi connectivity index (χ2n) is 3.67. The largest absolute Gasteiger partial charge is 0.394 e. The Kier molecular flexibility index (Phi) is 2.66. The van der Waals surface area contributed by atoms with Crippen molar-refractivity contribution in [1.29, 1.82) is 0 Å². The normalized spacial score (nSPS) is 13.0. The molecular formula is C12H14N2O. The lowest BCUT2D eigenvalue weighted by Crippen LogP contribution is -2.14. The fourth-order valence-corrected chi connectivity index (χ4v) is 1.67. The van der Waals surface area contributed by atoms with Crippen LogP contribution in [0.15, 0.2) is 30.5 Å². The molecule has 0 amide bonds. The molecule has 1 heterocycles. The number of pyridine rings is 1. The van der Waals surface area contributed by atoms with Crippen molar-refractivity contribution in [2.75, 3.05) is 6.61 Å². The number of nitrogens with two attached hydrogens (primary N) is 1. The summed E-state index contributed by atoms with van der Waals surface area (Å²) in [5.74, 6) is 0. The number of benzene rings is 1. The van der Waals surface area contributed by atoms with Gasteiger partial charge in [0.2, 0.25) is 0 Å². The van der Waals surface area contributed by atoms with Gasteiger partial charge in [0.15, 0.2) is 0 Å². The van der Waals surface area contributed by atoms with Crippen LogP contribution in [0.4, 0.5) is 0 Å². The van der Waals surface area contributed by atoms with Crippen molar-refractivity contribution in [3.8, 4) is 0 Å². The van der Waals surface area contributed by atoms with Crippen molar-refractivity contribution in [3.63, 3.8) is 0 Å². The van der Waals surface area contributed by atoms with Crippen LogP contribution in [-0.4, -0.2) is 16.7 Å². The minimum Gasteiger partial charge on any atom is -0.394 e. The van der Waals surface area contributed by atoms with E-state index in [1.807, 2.05) is 31.2 Å². The van der Waals surface area contributed by atoms with Crippen molar-refractivity contribution >= 4 is 10.8 Å². The molecule has 2 rings (SSSR count). The van der Waals surface area contributed by atoms with E-state index in [-0.39, 0.29) is 12.6 Å². The maximum Gasteiger partial charge on any atom is 0.0624 e. The maximum atomic E-state index is 8.99. The SMILES string of the molecule is Cc1nccc2ccc(C(N)CO)cc12. The van der Waals surface area contributed by atoms with Crippen LogP contribution in [0.25, 0.3) is 10.8 Å². The fourth-order valence-electron chi connectivity index (χ4n) is 1.67. The average Bonchev–Trinajstić information content (AvgIpc) is 2.28. The molecule has 1 aromatic heterocycles. The van der Waals surface area contributed by atoms with Crippen LogP contribution in [0.3, 0.4) is 0 Å². The number of aryl methyl sites for hydroxylation is 1. The van der Waals surface area contributed by atoms with E-state index in [0.717, 1.165) is 22.0 Å². The van der Waals surface area contributed by atoms with Gasteiger partial charge in [0.05, 0.1) is 12.6 Å². The summed E-state index contributed by atoms with van der Waals surface area (Å²) in [5.41, 5.74) is 7.70. The Balaban J connectivity index is 2.59. The molecule has 0 aliphatic rings. The molecule has 3 heteroatoms. The Labute approximate surface area is 88.6 Å². The van der Waals surface area contributed by atoms with E-state index in [0.29, 0.717) is 0 Å². The number of aliphatic hydroxyl groups is 1. The second kappa shape index (κ2) is 3.96. The summed E-state index contributed by atoms with van der Waals surface area (Å²) in [6.07, 6.45) is 1.79. The van der Waals surface area contributed by atoms with E-state index in [1.165, 1.54) is 0 Å². The maximum absolute atomic E-state index is 8.99. The topological polar surface area (TPSA) is 59.1 Å². The third kappa shape index (κ3) is 1.84. The van der Waals surface area contributed by atoms with Gasteiger partial charge in [0.1, 0.15) is 0 Å². The highest BCUT2D eigenvalue weighted by Crippen LogP contribution is 2.20. The van der Waals surface area contributed by atoms with Gasteiger partial charge in [-0.1, -0.05) is 12.1 Å². The summed E-state index contributed by atoms with van der Waals surface area (Å²) in [4.78, 5) is 4.23. The van der Waals surface area contributed by atoms with Gasteiger partial charge in [-0.05, 0) is 30.0 Å². The molecule has 1 aromatic carbocycles. The van der Waals surface area contributed by atoms with E-state index >= 15 is 0 Å². The van der Waals surface area contributed by atoms with Crippen LogP contribution in [-0.2, 0) is 0 Å². The Hall–Kier alpha value is -1.45. The smallest absolute Gasteiger partial charge is 0.0624 e. The summed E-state index contributed by atoms with van der Waals surface area (Å²) in [6, 6.07) is 7.61. The second-order valence-corrected chi connectivity index (χ2v) is 3.67. The first kappa shape index (κ1) is 10.1. The highest BCUT2D eigenvalue weighted by molar-refractivity contribution is 5.84. The summed E-state index contributed by atoms with van der Waals surface area (Å²) in [6.45, 7) is 1.93. The number of fused-ring (bicyclic) bond motifs is 1. The number of nitrogens with zero attached hydrogens (tertiary/aromatic N) is 1. The minimum absolute atomic E-state index is 0.0369. The van der Waals surface area contributed by atoms with Gasteiger partial charge in [-0.2, -0.15) is 0 Å². The van der Waals surface area contributed by atoms with Gasteiger partial charge in [-0.3, -0.25) is 4.98 Å². The van der Waals surface area contributed by atoms with Crippen LogP contribution < -0.4 is 5.73 Å². The van der Waals surface area contributed by atoms with Crippen LogP contribution >= 0.6 is 0 Å². The average molecular weight is 202 g/mol. The van der Waals surface area contributed by atoms with Crippen LogP contribution in [0.2, 0.25) is 0 Å². The molecule has 0 saturated carbocycles. The lowest BCUT2D eigenvalue weighted by molar-refractivity contribution is 0.268. The Bertz CT molecular complexity index is 482. The van der Waals surface area contributed by atoms with Gasteiger partial charge in [0, 0.05) is 17.3 Å². The quantitative estimate of drug-likeness (QED) is 0.776. The molecule has 1 atom stereocenters. The fraction of sp³-hybridized carbons (Fsp3) is 0.250. The van der Waals surface area contributed by atoms with Crippen molar-refractivity contribution in [2.24, 2.45) is 5.73 Å². The lowest BCUT2D eigenvalue weighted by Gasteiger charge is -2.10. The molecule has 3 N–H and O–H groups in total. The van der Waals surface area contributed by atoms with Gasteiger partial charge in [-0.15, -0.1) is 0 Å². The third-order valence-electron chi connectivity index (χ3n) is 2.61. The van der Waals surface area contributed by atoms with E-state index < -0.39 is 0 Å². The van der Waals surface area contributed by atoms with E-state index in [2.05, 4.69) is 4.98 Å². The van der Waals surface area contributed by atoms with Gasteiger partial charge in [-0.25, -0.2) is 0 Å². The minimum atomic E-state index is -0.311. The number of aromatic nitrogens is 1. The molecule has 15 heavy (non-hydrogen) atoms. The Morgan fingerprint density at radius 1 is 1.40 bits per heavy atom. The van der Waals surface area contributed by atoms with Crippen LogP contribution in [0.1, 0.15) is 17.3 Å². The van der Waals surface area contributed by atoms with E-state index in [9.17, 15) is 0 Å². The lowest BCUT2D eigenvalue weighted by atomic mass is 10.0. The number of hydrogen-bond donors (Lipinski definition) is 2. The Morgan fingerprint density at radius 3 is 2.93 bits per heavy atom. The first-order chi connectivity index (χ1) is 7.22. The molecule has 0 bridgehead atoms. The zero-order valence-electron chi connectivity index (χ0n) is 8.64. The summed E-state index contributed by atoms with van der Waals surface area (Å²) >= 11 is 0. The zero-order chi connectivity index (χ0) is 10.8. The first-order valence-electron chi connectivity index (χ1n) is 4.94. The van der Waals surface area contributed by atoms with E-state index in [1.54, 1.807) is 6.20 Å². The number of aliphatic hydroxyl groups excluding tert-OH is 1. The molecule has 1 unspecified atom stereocenters. The molecule has 0 aliphatic carbocycles. The third-order valence-corrected chi connectivity index (χ3v) is 2.61. The molecule has 0 radical (unpaired) electrons. The molecule has 0 saturated heterocycles. The van der Waals surface area contributed by atoms with Crippen LogP contribution in [0.5, 0.6) is 0 Å². The highest BCUT2D eigenvalue weighted by Gasteiger charge is 2.06.